The van der Waals surface area contributed by atoms with Gasteiger partial charge in [0, 0.05) is 0 Å². The maximum Gasteiger partial charge on any atom is 0.320 e. The van der Waals surface area contributed by atoms with Crippen LogP contribution in [0.1, 0.15) is 19.3 Å². The molecule has 0 rings (SSSR count). The van der Waals surface area contributed by atoms with Crippen molar-refractivity contribution >= 4 is 5.97 Å². The number of hydrogen-bond acceptors (Lipinski definition) is 3. The molecule has 7 heteroatoms. The van der Waals surface area contributed by atoms with E-state index < -0.39 is 12.0 Å². The molecule has 0 aromatic heterocycles. The summed E-state index contributed by atoms with van der Waals surface area (Å²) in [4.78, 5) is 10.1. The van der Waals surface area contributed by atoms with Crippen LogP contribution in [0, 0.1) is 0 Å². The first-order chi connectivity index (χ1) is 4.68. The third kappa shape index (κ3) is 14.1. The summed E-state index contributed by atoms with van der Waals surface area (Å²) >= 11 is 0. The fourth-order valence-corrected chi connectivity index (χ4v) is 0.632. The van der Waals surface area contributed by atoms with Crippen molar-refractivity contribution in [3.8, 4) is 0 Å². The number of halogens is 3. The van der Waals surface area contributed by atoms with E-state index in [2.05, 4.69) is 0 Å². The zero-order valence-corrected chi connectivity index (χ0v) is 7.14. The maximum absolute atomic E-state index is 10.1. The van der Waals surface area contributed by atoms with Crippen molar-refractivity contribution < 1.29 is 24.0 Å². The topological polar surface area (TPSA) is 89.3 Å². The molecule has 0 heterocycles. The predicted molar refractivity (Wildman–Crippen MR) is 46.0 cm³/mol. The quantitative estimate of drug-likeness (QED) is 0.552. The van der Waals surface area contributed by atoms with Crippen LogP contribution in [0.5, 0.6) is 0 Å². The van der Waals surface area contributed by atoms with Gasteiger partial charge < -0.3 is 16.6 Å². The molecule has 13 heavy (non-hydrogen) atoms. The molecule has 0 fully saturated rings. The summed E-state index contributed by atoms with van der Waals surface area (Å²) in [5.41, 5.74) is 10.4. The summed E-state index contributed by atoms with van der Waals surface area (Å²) in [6.07, 6.45) is 2.16. The summed E-state index contributed by atoms with van der Waals surface area (Å²) in [5.74, 6) is -0.933. The van der Waals surface area contributed by atoms with Gasteiger partial charge in [0.1, 0.15) is 6.04 Å². The maximum atomic E-state index is 10.1. The van der Waals surface area contributed by atoms with Gasteiger partial charge in [-0.1, -0.05) is 6.42 Å². The SMILES string of the molecule is F.F.F.NCCCC[C@@H](N)C(=O)O. The molecule has 0 aliphatic rings. The molecule has 0 amide bonds. The van der Waals surface area contributed by atoms with Gasteiger partial charge in [0.2, 0.25) is 0 Å². The fourth-order valence-electron chi connectivity index (χ4n) is 0.632. The molecule has 0 aromatic carbocycles. The van der Waals surface area contributed by atoms with Gasteiger partial charge in [-0.3, -0.25) is 18.9 Å². The van der Waals surface area contributed by atoms with E-state index in [0.29, 0.717) is 13.0 Å². The Bertz CT molecular complexity index is 116. The van der Waals surface area contributed by atoms with Crippen LogP contribution in [0.2, 0.25) is 0 Å². The summed E-state index contributed by atoms with van der Waals surface area (Å²) in [7, 11) is 0. The molecule has 5 N–H and O–H groups in total. The summed E-state index contributed by atoms with van der Waals surface area (Å²) < 4.78 is 0. The number of carbonyl (C=O) groups is 1. The largest absolute Gasteiger partial charge is 0.480 e. The minimum absolute atomic E-state index is 0. The van der Waals surface area contributed by atoms with Crippen LogP contribution in [0.3, 0.4) is 0 Å². The number of aliphatic carboxylic acids is 1. The van der Waals surface area contributed by atoms with Crippen molar-refractivity contribution in [1.29, 1.82) is 0 Å². The monoisotopic (exact) mass is 206 g/mol. The molecule has 4 nitrogen and oxygen atoms in total. The molecular formula is C6H17F3N2O2. The fraction of sp³-hybridized carbons (Fsp3) is 0.833. The number of unbranched alkanes of at least 4 members (excludes halogenated alkanes) is 1. The molecule has 0 unspecified atom stereocenters. The lowest BCUT2D eigenvalue weighted by atomic mass is 10.1. The van der Waals surface area contributed by atoms with Crippen LogP contribution in [0.15, 0.2) is 0 Å². The normalized spacial score (nSPS) is 10.0. The average Bonchev–Trinajstić information content (AvgIpc) is 1.88. The Morgan fingerprint density at radius 3 is 2.00 bits per heavy atom. The van der Waals surface area contributed by atoms with Crippen LogP contribution >= 0.6 is 0 Å². The average molecular weight is 206 g/mol. The minimum atomic E-state index is -0.933. The molecular weight excluding hydrogens is 189 g/mol. The lowest BCUT2D eigenvalue weighted by molar-refractivity contribution is -0.138. The van der Waals surface area contributed by atoms with Gasteiger partial charge in [-0.15, -0.1) is 0 Å². The molecule has 0 radical (unpaired) electrons. The molecule has 1 atom stereocenters. The van der Waals surface area contributed by atoms with Gasteiger partial charge in [0.15, 0.2) is 0 Å². The number of carboxylic acids is 1. The zero-order chi connectivity index (χ0) is 7.98. The highest BCUT2D eigenvalue weighted by Gasteiger charge is 2.09. The van der Waals surface area contributed by atoms with Crippen LogP contribution in [-0.2, 0) is 4.79 Å². The molecule has 0 spiro atoms. The smallest absolute Gasteiger partial charge is 0.320 e. The number of hydrogen-bond donors (Lipinski definition) is 3. The standard InChI is InChI=1S/C6H14N2O2.3FH/c7-4-2-1-3-5(8)6(9)10;;;/h5H,1-4,7-8H2,(H,9,10);3*1H/t5-;;;/m1.../s1. The Balaban J connectivity index is -0.000000135. The van der Waals surface area contributed by atoms with E-state index in [1.54, 1.807) is 0 Å². The van der Waals surface area contributed by atoms with Crippen molar-refractivity contribution in [2.75, 3.05) is 6.54 Å². The van der Waals surface area contributed by atoms with E-state index in [-0.39, 0.29) is 14.1 Å². The van der Waals surface area contributed by atoms with Crippen molar-refractivity contribution in [2.45, 2.75) is 25.3 Å². The van der Waals surface area contributed by atoms with Gasteiger partial charge in [-0.25, -0.2) is 0 Å². The molecule has 84 valence electrons. The lowest BCUT2D eigenvalue weighted by Crippen LogP contribution is -2.29. The van der Waals surface area contributed by atoms with E-state index in [9.17, 15) is 4.79 Å². The van der Waals surface area contributed by atoms with Gasteiger partial charge in [0.25, 0.3) is 0 Å². The van der Waals surface area contributed by atoms with Crippen LogP contribution < -0.4 is 11.5 Å². The Kier molecular flexibility index (Phi) is 24.1. The molecule has 0 saturated carbocycles. The Hall–Kier alpha value is -0.820. The van der Waals surface area contributed by atoms with E-state index in [0.717, 1.165) is 12.8 Å². The minimum Gasteiger partial charge on any atom is -0.480 e. The van der Waals surface area contributed by atoms with Gasteiger partial charge >= 0.3 is 5.97 Å². The van der Waals surface area contributed by atoms with E-state index >= 15 is 0 Å². The second kappa shape index (κ2) is 13.7. The van der Waals surface area contributed by atoms with E-state index in [1.807, 2.05) is 0 Å². The number of carboxylic acid groups (broad SMARTS) is 1. The molecule has 0 aromatic rings. The van der Waals surface area contributed by atoms with E-state index in [1.165, 1.54) is 0 Å². The second-order valence-corrected chi connectivity index (χ2v) is 2.23. The predicted octanol–water partition coefficient (Wildman–Crippen LogP) is -0.0152. The van der Waals surface area contributed by atoms with Crippen LogP contribution in [-0.4, -0.2) is 23.7 Å². The molecule has 0 saturated heterocycles. The van der Waals surface area contributed by atoms with Gasteiger partial charge in [0.05, 0.1) is 0 Å². The number of nitrogens with two attached hydrogens (primary N) is 2. The Morgan fingerprint density at radius 1 is 1.23 bits per heavy atom. The van der Waals surface area contributed by atoms with Gasteiger partial charge in [-0.2, -0.15) is 0 Å². The lowest BCUT2D eigenvalue weighted by Gasteiger charge is -2.03. The van der Waals surface area contributed by atoms with Crippen molar-refractivity contribution in [3.05, 3.63) is 0 Å². The van der Waals surface area contributed by atoms with Crippen molar-refractivity contribution in [1.82, 2.24) is 0 Å². The summed E-state index contributed by atoms with van der Waals surface area (Å²) in [6.45, 7) is 0.604. The third-order valence-electron chi connectivity index (χ3n) is 1.29. The molecule has 0 aliphatic carbocycles. The van der Waals surface area contributed by atoms with Crippen LogP contribution in [0.25, 0.3) is 0 Å². The van der Waals surface area contributed by atoms with E-state index in [4.69, 9.17) is 16.6 Å². The molecule has 0 bridgehead atoms. The first-order valence-electron chi connectivity index (χ1n) is 3.37. The number of rotatable bonds is 5. The first-order valence-corrected chi connectivity index (χ1v) is 3.37. The van der Waals surface area contributed by atoms with Crippen molar-refractivity contribution in [3.63, 3.8) is 0 Å². The Labute approximate surface area is 74.4 Å². The highest BCUT2D eigenvalue weighted by Crippen LogP contribution is 1.96. The zero-order valence-electron chi connectivity index (χ0n) is 7.14. The van der Waals surface area contributed by atoms with Crippen molar-refractivity contribution in [2.24, 2.45) is 11.5 Å². The van der Waals surface area contributed by atoms with Gasteiger partial charge in [-0.05, 0) is 19.4 Å². The second-order valence-electron chi connectivity index (χ2n) is 2.23. The molecule has 0 aliphatic heterocycles. The Morgan fingerprint density at radius 2 is 1.69 bits per heavy atom. The highest BCUT2D eigenvalue weighted by molar-refractivity contribution is 5.72. The highest BCUT2D eigenvalue weighted by atomic mass is 19.0. The third-order valence-corrected chi connectivity index (χ3v) is 1.29. The van der Waals surface area contributed by atoms with Crippen LogP contribution in [0.4, 0.5) is 14.1 Å². The summed E-state index contributed by atoms with van der Waals surface area (Å²) in [6, 6.07) is -0.716. The summed E-state index contributed by atoms with van der Waals surface area (Å²) in [5, 5.41) is 8.33. The first kappa shape index (κ1) is 22.8.